The molecule has 2 heterocycles. The van der Waals surface area contributed by atoms with Gasteiger partial charge in [0.15, 0.2) is 22.7 Å². The van der Waals surface area contributed by atoms with Gasteiger partial charge >= 0.3 is 11.5 Å². The molecule has 1 N–H and O–H groups in total. The number of hydrogen-bond acceptors (Lipinski definition) is 6. The van der Waals surface area contributed by atoms with Crippen LogP contribution in [0.25, 0.3) is 22.2 Å². The summed E-state index contributed by atoms with van der Waals surface area (Å²) in [6, 6.07) is 9.76. The third-order valence-electron chi connectivity index (χ3n) is 4.02. The highest BCUT2D eigenvalue weighted by atomic mass is 16.4. The van der Waals surface area contributed by atoms with Crippen LogP contribution in [-0.4, -0.2) is 21.1 Å². The Morgan fingerprint density at radius 3 is 2.11 bits per heavy atom. The Hall–Kier alpha value is -3.68. The van der Waals surface area contributed by atoms with E-state index in [9.17, 15) is 19.2 Å². The Morgan fingerprint density at radius 2 is 1.48 bits per heavy atom. The van der Waals surface area contributed by atoms with Crippen molar-refractivity contribution < 1.29 is 18.4 Å². The van der Waals surface area contributed by atoms with Crippen molar-refractivity contribution in [3.05, 3.63) is 68.6 Å². The van der Waals surface area contributed by atoms with Gasteiger partial charge in [0.25, 0.3) is 0 Å². The monoisotopic (exact) mass is 368 g/mol. The molecular weight excluding hydrogens is 352 g/mol. The second-order valence-electron chi connectivity index (χ2n) is 5.95. The Bertz CT molecular complexity index is 1290. The third-order valence-corrected chi connectivity index (χ3v) is 4.02. The standard InChI is InChI=1S/C10H9NO3.C9H7NO3/c1-6(12)7-3-4-9-8(5-7)11(2)10(13)14-9;1-5(11)6-2-3-8-7(4-6)10-9(12)13-8/h3-5H,1-2H3;2-4H,1H3,(H,10,12). The smallest absolute Gasteiger partial charge is 0.408 e. The van der Waals surface area contributed by atoms with E-state index in [0.29, 0.717) is 33.3 Å². The molecule has 27 heavy (non-hydrogen) atoms. The zero-order chi connectivity index (χ0) is 19.7. The van der Waals surface area contributed by atoms with Crippen molar-refractivity contribution >= 4 is 33.8 Å². The van der Waals surface area contributed by atoms with Crippen LogP contribution in [0.15, 0.2) is 54.8 Å². The highest BCUT2D eigenvalue weighted by molar-refractivity contribution is 5.97. The molecule has 4 aromatic rings. The number of oxazole rings is 2. The summed E-state index contributed by atoms with van der Waals surface area (Å²) in [5.74, 6) is -0.985. The third kappa shape index (κ3) is 3.64. The molecule has 2 aromatic carbocycles. The first-order chi connectivity index (χ1) is 12.8. The summed E-state index contributed by atoms with van der Waals surface area (Å²) in [6.07, 6.45) is 0. The minimum Gasteiger partial charge on any atom is -0.408 e. The molecular formula is C19H16N2O6. The van der Waals surface area contributed by atoms with Crippen molar-refractivity contribution in [3.8, 4) is 0 Å². The van der Waals surface area contributed by atoms with Gasteiger partial charge < -0.3 is 8.83 Å². The summed E-state index contributed by atoms with van der Waals surface area (Å²) in [5, 5.41) is 0. The molecule has 0 spiro atoms. The topological polar surface area (TPSA) is 115 Å². The summed E-state index contributed by atoms with van der Waals surface area (Å²) in [4.78, 5) is 46.4. The van der Waals surface area contributed by atoms with Crippen molar-refractivity contribution in [1.82, 2.24) is 9.55 Å². The van der Waals surface area contributed by atoms with Gasteiger partial charge in [0.2, 0.25) is 0 Å². The molecule has 0 fully saturated rings. The number of Topliss-reactive ketones (excluding diaryl/α,β-unsaturated/α-hetero) is 2. The molecule has 0 unspecified atom stereocenters. The number of fused-ring (bicyclic) bond motifs is 2. The lowest BCUT2D eigenvalue weighted by atomic mass is 10.1. The van der Waals surface area contributed by atoms with Gasteiger partial charge in [-0.2, -0.15) is 0 Å². The predicted molar refractivity (Wildman–Crippen MR) is 98.3 cm³/mol. The SMILES string of the molecule is CC(=O)c1ccc2oc(=O)[nH]c2c1.CC(=O)c1ccc2oc(=O)n(C)c2c1. The number of nitrogens with zero attached hydrogens (tertiary/aromatic N) is 1. The van der Waals surface area contributed by atoms with Gasteiger partial charge in [-0.25, -0.2) is 9.59 Å². The first-order valence-electron chi connectivity index (χ1n) is 8.00. The number of nitrogens with one attached hydrogen (secondary N) is 1. The largest absolute Gasteiger partial charge is 0.419 e. The number of hydrogen-bond donors (Lipinski definition) is 1. The van der Waals surface area contributed by atoms with Crippen molar-refractivity contribution in [2.24, 2.45) is 7.05 Å². The molecule has 0 aliphatic carbocycles. The van der Waals surface area contributed by atoms with E-state index in [4.69, 9.17) is 8.83 Å². The van der Waals surface area contributed by atoms with Gasteiger partial charge in [-0.15, -0.1) is 0 Å². The van der Waals surface area contributed by atoms with Gasteiger partial charge in [0, 0.05) is 18.2 Å². The van der Waals surface area contributed by atoms with E-state index in [-0.39, 0.29) is 11.6 Å². The van der Waals surface area contributed by atoms with E-state index in [1.54, 1.807) is 43.4 Å². The maximum Gasteiger partial charge on any atom is 0.419 e. The van der Waals surface area contributed by atoms with Crippen LogP contribution in [0.4, 0.5) is 0 Å². The summed E-state index contributed by atoms with van der Waals surface area (Å²) in [5.41, 5.74) is 3.30. The van der Waals surface area contributed by atoms with E-state index in [0.717, 1.165) is 0 Å². The number of aryl methyl sites for hydroxylation is 1. The fourth-order valence-electron chi connectivity index (χ4n) is 2.52. The molecule has 138 valence electrons. The van der Waals surface area contributed by atoms with Gasteiger partial charge in [0.1, 0.15) is 0 Å². The van der Waals surface area contributed by atoms with Crippen LogP contribution in [0.2, 0.25) is 0 Å². The number of ketones is 2. The maximum absolute atomic E-state index is 11.1. The van der Waals surface area contributed by atoms with Crippen LogP contribution in [0.3, 0.4) is 0 Å². The number of aromatic nitrogens is 2. The lowest BCUT2D eigenvalue weighted by Crippen LogP contribution is -2.08. The first-order valence-corrected chi connectivity index (χ1v) is 8.00. The molecule has 4 rings (SSSR count). The Labute approximate surface area is 152 Å². The first kappa shape index (κ1) is 18.1. The molecule has 2 aromatic heterocycles. The molecule has 0 amide bonds. The molecule has 0 atom stereocenters. The molecule has 8 nitrogen and oxygen atoms in total. The van der Waals surface area contributed by atoms with E-state index in [1.807, 2.05) is 0 Å². The number of rotatable bonds is 2. The Kier molecular flexibility index (Phi) is 4.64. The molecule has 8 heteroatoms. The Balaban J connectivity index is 0.000000156. The molecule has 0 saturated heterocycles. The normalized spacial score (nSPS) is 10.6. The summed E-state index contributed by atoms with van der Waals surface area (Å²) >= 11 is 0. The van der Waals surface area contributed by atoms with Crippen molar-refractivity contribution in [3.63, 3.8) is 0 Å². The van der Waals surface area contributed by atoms with E-state index >= 15 is 0 Å². The van der Waals surface area contributed by atoms with Gasteiger partial charge in [0.05, 0.1) is 11.0 Å². The highest BCUT2D eigenvalue weighted by Gasteiger charge is 2.08. The van der Waals surface area contributed by atoms with Crippen molar-refractivity contribution in [1.29, 1.82) is 0 Å². The fourth-order valence-corrected chi connectivity index (χ4v) is 2.52. The minimum atomic E-state index is -0.504. The second kappa shape index (κ2) is 6.91. The van der Waals surface area contributed by atoms with Crippen molar-refractivity contribution in [2.45, 2.75) is 13.8 Å². The van der Waals surface area contributed by atoms with E-state index < -0.39 is 11.5 Å². The van der Waals surface area contributed by atoms with Crippen LogP contribution < -0.4 is 11.5 Å². The molecule has 0 saturated carbocycles. The zero-order valence-electron chi connectivity index (χ0n) is 14.9. The number of carbonyl (C=O) groups excluding carboxylic acids is 2. The van der Waals surface area contributed by atoms with E-state index in [2.05, 4.69) is 4.98 Å². The average Bonchev–Trinajstić information content (AvgIpc) is 3.13. The predicted octanol–water partition coefficient (Wildman–Crippen LogP) is 2.66. The quantitative estimate of drug-likeness (QED) is 0.544. The van der Waals surface area contributed by atoms with Crippen LogP contribution in [-0.2, 0) is 7.05 Å². The van der Waals surface area contributed by atoms with Gasteiger partial charge in [-0.3, -0.25) is 19.1 Å². The minimum absolute atomic E-state index is 0.0273. The Morgan fingerprint density at radius 1 is 0.889 bits per heavy atom. The summed E-state index contributed by atoms with van der Waals surface area (Å²) < 4.78 is 11.1. The molecule has 0 bridgehead atoms. The lowest BCUT2D eigenvalue weighted by molar-refractivity contribution is 0.100. The fraction of sp³-hybridized carbons (Fsp3) is 0.158. The highest BCUT2D eigenvalue weighted by Crippen LogP contribution is 2.14. The average molecular weight is 368 g/mol. The molecule has 0 radical (unpaired) electrons. The number of H-pyrrole nitrogens is 1. The molecule has 0 aliphatic rings. The number of aromatic amines is 1. The van der Waals surface area contributed by atoms with Crippen molar-refractivity contribution in [2.75, 3.05) is 0 Å². The van der Waals surface area contributed by atoms with Crippen LogP contribution >= 0.6 is 0 Å². The van der Waals surface area contributed by atoms with Crippen LogP contribution in [0, 0.1) is 0 Å². The maximum atomic E-state index is 11.1. The van der Waals surface area contributed by atoms with E-state index in [1.165, 1.54) is 18.4 Å². The lowest BCUT2D eigenvalue weighted by Gasteiger charge is -1.95. The number of benzene rings is 2. The summed E-state index contributed by atoms with van der Waals surface area (Å²) in [6.45, 7) is 2.96. The van der Waals surface area contributed by atoms with Crippen LogP contribution in [0.5, 0.6) is 0 Å². The second-order valence-corrected chi connectivity index (χ2v) is 5.95. The van der Waals surface area contributed by atoms with Gasteiger partial charge in [-0.05, 0) is 50.2 Å². The van der Waals surface area contributed by atoms with Gasteiger partial charge in [-0.1, -0.05) is 0 Å². The van der Waals surface area contributed by atoms with Crippen LogP contribution in [0.1, 0.15) is 34.6 Å². The number of carbonyl (C=O) groups is 2. The summed E-state index contributed by atoms with van der Waals surface area (Å²) in [7, 11) is 1.61. The molecule has 0 aliphatic heterocycles. The zero-order valence-corrected chi connectivity index (χ0v) is 14.9.